The molecule has 2 aromatic rings. The van der Waals surface area contributed by atoms with Crippen LogP contribution in [0, 0.1) is 5.82 Å². The lowest BCUT2D eigenvalue weighted by molar-refractivity contribution is 0.210. The predicted molar refractivity (Wildman–Crippen MR) is 64.1 cm³/mol. The molecule has 0 aliphatic carbocycles. The molecule has 3 rings (SSSR count). The maximum atomic E-state index is 13.7. The van der Waals surface area contributed by atoms with Crippen molar-refractivity contribution in [2.75, 3.05) is 22.0 Å². The Morgan fingerprint density at radius 1 is 1.17 bits per heavy atom. The number of para-hydroxylation sites is 1. The number of nitrogens with one attached hydrogen (secondary N) is 1. The smallest absolute Gasteiger partial charge is 0.207 e. The van der Waals surface area contributed by atoms with Gasteiger partial charge in [0.2, 0.25) is 5.82 Å². The highest BCUT2D eigenvalue weighted by Crippen LogP contribution is 2.37. The molecule has 92 valence electrons. The third-order valence-electron chi connectivity index (χ3n) is 2.43. The van der Waals surface area contributed by atoms with Gasteiger partial charge in [0, 0.05) is 0 Å². The fourth-order valence-electron chi connectivity index (χ4n) is 1.57. The van der Waals surface area contributed by atoms with E-state index >= 15 is 0 Å². The second kappa shape index (κ2) is 3.70. The van der Waals surface area contributed by atoms with Crippen molar-refractivity contribution in [2.45, 2.75) is 0 Å². The van der Waals surface area contributed by atoms with Crippen LogP contribution in [0.25, 0.3) is 0 Å². The Labute approximate surface area is 101 Å². The van der Waals surface area contributed by atoms with Crippen molar-refractivity contribution in [3.63, 3.8) is 0 Å². The quantitative estimate of drug-likeness (QED) is 0.696. The van der Waals surface area contributed by atoms with Gasteiger partial charge in [0.25, 0.3) is 0 Å². The second-order valence-electron chi connectivity index (χ2n) is 3.61. The number of nitrogens with zero attached hydrogens (tertiary/aromatic N) is 3. The summed E-state index contributed by atoms with van der Waals surface area (Å²) in [4.78, 5) is 13.1. The number of benzene rings is 1. The number of nitrogen functional groups attached to an aromatic ring is 2. The van der Waals surface area contributed by atoms with Gasteiger partial charge in [-0.2, -0.15) is 5.06 Å². The normalized spacial score (nSPS) is 13.3. The van der Waals surface area contributed by atoms with Crippen LogP contribution in [0.5, 0.6) is 0 Å². The number of rotatable bonds is 1. The van der Waals surface area contributed by atoms with Crippen LogP contribution in [0.3, 0.4) is 0 Å². The molecule has 7 nitrogen and oxygen atoms in total. The minimum absolute atomic E-state index is 0.0578. The molecule has 8 heteroatoms. The first-order valence-electron chi connectivity index (χ1n) is 5.07. The minimum Gasteiger partial charge on any atom is -0.381 e. The van der Waals surface area contributed by atoms with E-state index in [-0.39, 0.29) is 29.0 Å². The van der Waals surface area contributed by atoms with Gasteiger partial charge in [-0.25, -0.2) is 19.8 Å². The van der Waals surface area contributed by atoms with Gasteiger partial charge in [-0.15, -0.1) is 4.94 Å². The summed E-state index contributed by atoms with van der Waals surface area (Å²) in [6.45, 7) is 0. The monoisotopic (exact) mass is 248 g/mol. The first kappa shape index (κ1) is 10.5. The Kier molecular flexibility index (Phi) is 2.17. The first-order valence-corrected chi connectivity index (χ1v) is 5.07. The average molecular weight is 248 g/mol. The lowest BCUT2D eigenvalue weighted by atomic mass is 10.3. The maximum absolute atomic E-state index is 13.7. The van der Waals surface area contributed by atoms with E-state index in [1.54, 1.807) is 18.2 Å². The molecule has 18 heavy (non-hydrogen) atoms. The van der Waals surface area contributed by atoms with Crippen LogP contribution in [0.1, 0.15) is 0 Å². The molecule has 5 N–H and O–H groups in total. The van der Waals surface area contributed by atoms with Crippen LogP contribution < -0.4 is 22.0 Å². The number of hydrogen-bond donors (Lipinski definition) is 3. The largest absolute Gasteiger partial charge is 0.381 e. The van der Waals surface area contributed by atoms with Crippen molar-refractivity contribution >= 4 is 29.0 Å². The Morgan fingerprint density at radius 2 is 1.89 bits per heavy atom. The van der Waals surface area contributed by atoms with E-state index in [2.05, 4.69) is 15.4 Å². The number of hydrogen-bond acceptors (Lipinski definition) is 7. The summed E-state index contributed by atoms with van der Waals surface area (Å²) in [7, 11) is 0. The Bertz CT molecular complexity index is 619. The number of fused-ring (bicyclic) bond motifs is 1. The lowest BCUT2D eigenvalue weighted by Gasteiger charge is -2.14. The molecule has 0 saturated carbocycles. The van der Waals surface area contributed by atoms with E-state index < -0.39 is 5.82 Å². The van der Waals surface area contributed by atoms with Gasteiger partial charge in [0.1, 0.15) is 11.5 Å². The van der Waals surface area contributed by atoms with Crippen molar-refractivity contribution in [3.8, 4) is 0 Å². The Balaban J connectivity index is 2.10. The second-order valence-corrected chi connectivity index (χ2v) is 3.61. The van der Waals surface area contributed by atoms with Crippen LogP contribution >= 0.6 is 0 Å². The highest BCUT2D eigenvalue weighted by atomic mass is 19.1. The van der Waals surface area contributed by atoms with Gasteiger partial charge in [-0.1, -0.05) is 12.1 Å². The van der Waals surface area contributed by atoms with Crippen LogP contribution in [0.2, 0.25) is 0 Å². The van der Waals surface area contributed by atoms with Gasteiger partial charge < -0.3 is 11.5 Å². The Morgan fingerprint density at radius 3 is 2.67 bits per heavy atom. The molecule has 0 saturated heterocycles. The molecule has 1 aromatic carbocycles. The Hall–Kier alpha value is -2.61. The van der Waals surface area contributed by atoms with Crippen molar-refractivity contribution in [3.05, 3.63) is 30.1 Å². The third-order valence-corrected chi connectivity index (χ3v) is 2.43. The number of nitrogens with two attached hydrogens (primary N) is 2. The molecule has 0 atom stereocenters. The molecular weight excluding hydrogens is 239 g/mol. The SMILES string of the molecule is Nc1nc2c(nc1N)N(c1ccccc1F)ON2. The molecular formula is C10H9FN6O. The molecule has 0 radical (unpaired) electrons. The molecule has 0 spiro atoms. The predicted octanol–water partition coefficient (Wildman–Crippen LogP) is 1.19. The fraction of sp³-hybridized carbons (Fsp3) is 0. The number of aromatic nitrogens is 2. The molecule has 1 aromatic heterocycles. The van der Waals surface area contributed by atoms with Gasteiger partial charge in [-0.3, -0.25) is 0 Å². The maximum Gasteiger partial charge on any atom is 0.207 e. The molecule has 0 bridgehead atoms. The summed E-state index contributed by atoms with van der Waals surface area (Å²) in [5, 5.41) is 1.16. The summed E-state index contributed by atoms with van der Waals surface area (Å²) in [5.74, 6) is 0.226. The standard InChI is InChI=1S/C10H9FN6O/c11-5-3-1-2-4-6(5)17-10-9(16-18-17)14-7(12)8(13)15-10/h1-4H,(H2,13,15)(H3,12,14,16). The van der Waals surface area contributed by atoms with E-state index in [1.165, 1.54) is 6.07 Å². The van der Waals surface area contributed by atoms with Gasteiger partial charge in [-0.05, 0) is 12.1 Å². The number of halogens is 1. The van der Waals surface area contributed by atoms with Crippen molar-refractivity contribution < 1.29 is 9.33 Å². The van der Waals surface area contributed by atoms with E-state index in [9.17, 15) is 4.39 Å². The highest BCUT2D eigenvalue weighted by Gasteiger charge is 2.28. The molecule has 0 unspecified atom stereocenters. The summed E-state index contributed by atoms with van der Waals surface area (Å²) in [5.41, 5.74) is 13.8. The number of anilines is 5. The zero-order chi connectivity index (χ0) is 12.7. The van der Waals surface area contributed by atoms with Crippen LogP contribution in [-0.2, 0) is 4.94 Å². The topological polar surface area (TPSA) is 102 Å². The van der Waals surface area contributed by atoms with Crippen LogP contribution in [-0.4, -0.2) is 9.97 Å². The van der Waals surface area contributed by atoms with E-state index in [0.29, 0.717) is 0 Å². The molecule has 1 aliphatic rings. The highest BCUT2D eigenvalue weighted by molar-refractivity contribution is 5.75. The first-order chi connectivity index (χ1) is 8.66. The third kappa shape index (κ3) is 1.47. The van der Waals surface area contributed by atoms with Crippen LogP contribution in [0.15, 0.2) is 24.3 Å². The summed E-state index contributed by atoms with van der Waals surface area (Å²) < 4.78 is 13.7. The minimum atomic E-state index is -0.454. The van der Waals surface area contributed by atoms with Gasteiger partial charge >= 0.3 is 0 Å². The summed E-state index contributed by atoms with van der Waals surface area (Å²) >= 11 is 0. The molecule has 0 amide bonds. The summed E-state index contributed by atoms with van der Waals surface area (Å²) in [6.07, 6.45) is 0. The van der Waals surface area contributed by atoms with Gasteiger partial charge in [0.15, 0.2) is 17.5 Å². The van der Waals surface area contributed by atoms with Crippen molar-refractivity contribution in [2.24, 2.45) is 0 Å². The van der Waals surface area contributed by atoms with Crippen molar-refractivity contribution in [1.82, 2.24) is 9.97 Å². The zero-order valence-electron chi connectivity index (χ0n) is 9.09. The van der Waals surface area contributed by atoms with E-state index in [4.69, 9.17) is 16.4 Å². The lowest BCUT2D eigenvalue weighted by Crippen LogP contribution is -2.16. The molecule has 0 fully saturated rings. The van der Waals surface area contributed by atoms with Crippen molar-refractivity contribution in [1.29, 1.82) is 0 Å². The zero-order valence-corrected chi connectivity index (χ0v) is 9.09. The molecule has 1 aliphatic heterocycles. The fourth-order valence-corrected chi connectivity index (χ4v) is 1.57. The van der Waals surface area contributed by atoms with Gasteiger partial charge in [0.05, 0.1) is 0 Å². The summed E-state index contributed by atoms with van der Waals surface area (Å²) in [6, 6.07) is 6.10. The van der Waals surface area contributed by atoms with E-state index in [0.717, 1.165) is 5.06 Å². The van der Waals surface area contributed by atoms with E-state index in [1.807, 2.05) is 0 Å². The average Bonchev–Trinajstić information content (AvgIpc) is 2.73. The molecule has 2 heterocycles. The van der Waals surface area contributed by atoms with Crippen LogP contribution in [0.4, 0.5) is 33.3 Å².